The van der Waals surface area contributed by atoms with Crippen molar-refractivity contribution in [3.8, 4) is 0 Å². The van der Waals surface area contributed by atoms with E-state index >= 15 is 0 Å². The molecule has 0 bridgehead atoms. The van der Waals surface area contributed by atoms with Gasteiger partial charge in [0.15, 0.2) is 22.7 Å². The molecule has 2 heterocycles. The van der Waals surface area contributed by atoms with Gasteiger partial charge in [-0.2, -0.15) is 0 Å². The summed E-state index contributed by atoms with van der Waals surface area (Å²) >= 11 is 0. The maximum absolute atomic E-state index is 12.4. The second-order valence-electron chi connectivity index (χ2n) is 5.84. The molecule has 4 rings (SSSR count). The van der Waals surface area contributed by atoms with Crippen molar-refractivity contribution in [1.82, 2.24) is 4.98 Å². The first kappa shape index (κ1) is 15.1. The van der Waals surface area contributed by atoms with Gasteiger partial charge in [-0.3, -0.25) is 9.59 Å². The Morgan fingerprint density at radius 1 is 1.00 bits per heavy atom. The third-order valence-corrected chi connectivity index (χ3v) is 3.86. The zero-order chi connectivity index (χ0) is 17.6. The van der Waals surface area contributed by atoms with Gasteiger partial charge >= 0.3 is 0 Å². The minimum atomic E-state index is -0.501. The first-order chi connectivity index (χ1) is 12.0. The summed E-state index contributed by atoms with van der Waals surface area (Å²) in [4.78, 5) is 28.9. The number of anilines is 1. The van der Waals surface area contributed by atoms with Gasteiger partial charge in [-0.1, -0.05) is 11.6 Å². The van der Waals surface area contributed by atoms with Crippen molar-refractivity contribution in [2.75, 3.05) is 5.32 Å². The fourth-order valence-corrected chi connectivity index (χ4v) is 2.70. The minimum absolute atomic E-state index is 0.0437. The van der Waals surface area contributed by atoms with Gasteiger partial charge in [0.25, 0.3) is 5.91 Å². The van der Waals surface area contributed by atoms with Crippen LogP contribution in [0.5, 0.6) is 0 Å². The summed E-state index contributed by atoms with van der Waals surface area (Å²) < 4.78 is 11.0. The molecule has 0 atom stereocenters. The largest absolute Gasteiger partial charge is 0.451 e. The fourth-order valence-electron chi connectivity index (χ4n) is 2.70. The molecule has 0 spiro atoms. The van der Waals surface area contributed by atoms with Crippen LogP contribution >= 0.6 is 0 Å². The van der Waals surface area contributed by atoms with E-state index in [2.05, 4.69) is 10.3 Å². The normalized spacial score (nSPS) is 11.1. The van der Waals surface area contributed by atoms with E-state index in [0.29, 0.717) is 33.6 Å². The van der Waals surface area contributed by atoms with E-state index < -0.39 is 5.91 Å². The topological polar surface area (TPSA) is 85.3 Å². The second kappa shape index (κ2) is 5.59. The summed E-state index contributed by atoms with van der Waals surface area (Å²) in [7, 11) is 0. The predicted molar refractivity (Wildman–Crippen MR) is 93.9 cm³/mol. The summed E-state index contributed by atoms with van der Waals surface area (Å²) in [5.74, 6) is 0.00576. The van der Waals surface area contributed by atoms with Crippen LogP contribution in [0.25, 0.3) is 22.1 Å². The number of hydrogen-bond acceptors (Lipinski definition) is 5. The van der Waals surface area contributed by atoms with Crippen LogP contribution in [-0.2, 0) is 0 Å². The molecular weight excluding hydrogens is 320 g/mol. The Labute approximate surface area is 142 Å². The van der Waals surface area contributed by atoms with Gasteiger partial charge in [-0.05, 0) is 37.3 Å². The van der Waals surface area contributed by atoms with Gasteiger partial charge in [0.1, 0.15) is 11.1 Å². The summed E-state index contributed by atoms with van der Waals surface area (Å²) in [6, 6.07) is 11.6. The molecular formula is C19H14N2O4. The van der Waals surface area contributed by atoms with E-state index in [1.54, 1.807) is 37.3 Å². The van der Waals surface area contributed by atoms with Crippen LogP contribution in [0, 0.1) is 13.8 Å². The SMILES string of the molecule is Cc1ccc2oc(C(=O)Nc3ccc4oc(C)nc4c3)cc(=O)c2c1. The molecule has 0 saturated heterocycles. The third-order valence-electron chi connectivity index (χ3n) is 3.86. The van der Waals surface area contributed by atoms with Crippen LogP contribution in [0.1, 0.15) is 22.0 Å². The maximum Gasteiger partial charge on any atom is 0.291 e. The number of carbonyl (C=O) groups is 1. The van der Waals surface area contributed by atoms with E-state index in [0.717, 1.165) is 5.56 Å². The number of rotatable bonds is 2. The molecule has 4 aromatic rings. The quantitative estimate of drug-likeness (QED) is 0.602. The summed E-state index contributed by atoms with van der Waals surface area (Å²) in [6.07, 6.45) is 0. The molecule has 0 radical (unpaired) electrons. The average Bonchev–Trinajstić information content (AvgIpc) is 2.94. The highest BCUT2D eigenvalue weighted by Crippen LogP contribution is 2.21. The molecule has 1 N–H and O–H groups in total. The van der Waals surface area contributed by atoms with Gasteiger partial charge < -0.3 is 14.2 Å². The first-order valence-corrected chi connectivity index (χ1v) is 7.73. The molecule has 0 aliphatic rings. The van der Waals surface area contributed by atoms with Crippen LogP contribution < -0.4 is 10.7 Å². The van der Waals surface area contributed by atoms with Gasteiger partial charge in [0.05, 0.1) is 5.39 Å². The number of nitrogens with zero attached hydrogens (tertiary/aromatic N) is 1. The lowest BCUT2D eigenvalue weighted by Crippen LogP contribution is -2.15. The maximum atomic E-state index is 12.4. The Kier molecular flexibility index (Phi) is 3.39. The van der Waals surface area contributed by atoms with Crippen LogP contribution in [0.3, 0.4) is 0 Å². The lowest BCUT2D eigenvalue weighted by molar-refractivity contribution is 0.0997. The van der Waals surface area contributed by atoms with Crippen molar-refractivity contribution in [3.05, 3.63) is 69.9 Å². The molecule has 1 amide bonds. The molecule has 124 valence electrons. The van der Waals surface area contributed by atoms with Crippen molar-refractivity contribution in [2.24, 2.45) is 0 Å². The van der Waals surface area contributed by atoms with Crippen molar-refractivity contribution in [3.63, 3.8) is 0 Å². The number of fused-ring (bicyclic) bond motifs is 2. The molecule has 2 aromatic heterocycles. The van der Waals surface area contributed by atoms with Crippen molar-refractivity contribution in [2.45, 2.75) is 13.8 Å². The number of nitrogens with one attached hydrogen (secondary N) is 1. The van der Waals surface area contributed by atoms with Crippen molar-refractivity contribution < 1.29 is 13.6 Å². The van der Waals surface area contributed by atoms with E-state index in [9.17, 15) is 9.59 Å². The Hall–Kier alpha value is -3.41. The van der Waals surface area contributed by atoms with Crippen LogP contribution in [-0.4, -0.2) is 10.9 Å². The first-order valence-electron chi connectivity index (χ1n) is 7.73. The van der Waals surface area contributed by atoms with Crippen LogP contribution in [0.2, 0.25) is 0 Å². The predicted octanol–water partition coefficient (Wildman–Crippen LogP) is 3.80. The van der Waals surface area contributed by atoms with Gasteiger partial charge in [0.2, 0.25) is 0 Å². The molecule has 6 heteroatoms. The Balaban J connectivity index is 1.68. The number of hydrogen-bond donors (Lipinski definition) is 1. The zero-order valence-electron chi connectivity index (χ0n) is 13.6. The molecule has 0 unspecified atom stereocenters. The number of aromatic nitrogens is 1. The molecule has 2 aromatic carbocycles. The van der Waals surface area contributed by atoms with Crippen molar-refractivity contribution in [1.29, 1.82) is 0 Å². The zero-order valence-corrected chi connectivity index (χ0v) is 13.6. The summed E-state index contributed by atoms with van der Waals surface area (Å²) in [6.45, 7) is 3.64. The van der Waals surface area contributed by atoms with E-state index in [1.807, 2.05) is 13.0 Å². The number of aryl methyl sites for hydroxylation is 2. The number of benzene rings is 2. The fraction of sp³-hybridized carbons (Fsp3) is 0.105. The Morgan fingerprint density at radius 2 is 1.80 bits per heavy atom. The highest BCUT2D eigenvalue weighted by atomic mass is 16.3. The highest BCUT2D eigenvalue weighted by Gasteiger charge is 2.13. The lowest BCUT2D eigenvalue weighted by Gasteiger charge is -2.05. The lowest BCUT2D eigenvalue weighted by atomic mass is 10.1. The molecule has 0 aliphatic carbocycles. The molecule has 0 saturated carbocycles. The molecule has 6 nitrogen and oxygen atoms in total. The van der Waals surface area contributed by atoms with E-state index in [4.69, 9.17) is 8.83 Å². The van der Waals surface area contributed by atoms with Crippen LogP contribution in [0.4, 0.5) is 5.69 Å². The van der Waals surface area contributed by atoms with Gasteiger partial charge in [0, 0.05) is 18.7 Å². The summed E-state index contributed by atoms with van der Waals surface area (Å²) in [5, 5.41) is 3.16. The smallest absolute Gasteiger partial charge is 0.291 e. The molecule has 25 heavy (non-hydrogen) atoms. The van der Waals surface area contributed by atoms with Gasteiger partial charge in [-0.15, -0.1) is 0 Å². The van der Waals surface area contributed by atoms with E-state index in [1.165, 1.54) is 6.07 Å². The third kappa shape index (κ3) is 2.78. The standard InChI is InChI=1S/C19H14N2O4/c1-10-3-5-16-13(7-10)15(22)9-18(25-16)19(23)21-12-4-6-17-14(8-12)20-11(2)24-17/h3-9H,1-2H3,(H,21,23). The minimum Gasteiger partial charge on any atom is -0.451 e. The Morgan fingerprint density at radius 3 is 2.64 bits per heavy atom. The number of carbonyl (C=O) groups excluding carboxylic acids is 1. The van der Waals surface area contributed by atoms with E-state index in [-0.39, 0.29) is 11.2 Å². The second-order valence-corrected chi connectivity index (χ2v) is 5.84. The Bertz CT molecular complexity index is 1190. The van der Waals surface area contributed by atoms with Crippen molar-refractivity contribution >= 4 is 33.7 Å². The number of amides is 1. The van der Waals surface area contributed by atoms with Gasteiger partial charge in [-0.25, -0.2) is 4.98 Å². The van der Waals surface area contributed by atoms with Crippen LogP contribution in [0.15, 0.2) is 56.1 Å². The number of oxazole rings is 1. The molecule has 0 fully saturated rings. The average molecular weight is 334 g/mol. The molecule has 0 aliphatic heterocycles. The summed E-state index contributed by atoms with van der Waals surface area (Å²) in [5.41, 5.74) is 2.91. The highest BCUT2D eigenvalue weighted by molar-refractivity contribution is 6.03. The monoisotopic (exact) mass is 334 g/mol.